The predicted molar refractivity (Wildman–Crippen MR) is 122 cm³/mol. The maximum atomic E-state index is 14.6. The molecule has 3 aromatic rings. The van der Waals surface area contributed by atoms with Crippen LogP contribution in [-0.4, -0.2) is 31.8 Å². The van der Waals surface area contributed by atoms with Crippen LogP contribution in [-0.2, 0) is 16.6 Å². The van der Waals surface area contributed by atoms with Crippen molar-refractivity contribution >= 4 is 21.6 Å². The van der Waals surface area contributed by atoms with Gasteiger partial charge in [-0.05, 0) is 42.8 Å². The second kappa shape index (κ2) is 10.4. The lowest BCUT2D eigenvalue weighted by atomic mass is 10.2. The van der Waals surface area contributed by atoms with Gasteiger partial charge in [-0.25, -0.2) is 12.8 Å². The van der Waals surface area contributed by atoms with E-state index in [9.17, 15) is 17.6 Å². The molecule has 3 aromatic carbocycles. The molecule has 0 spiro atoms. The number of hydrogen-bond acceptors (Lipinski definition) is 4. The molecule has 0 aliphatic carbocycles. The van der Waals surface area contributed by atoms with Gasteiger partial charge in [0.1, 0.15) is 16.5 Å². The molecule has 1 N–H and O–H groups in total. The number of halogens is 1. The molecule has 0 unspecified atom stereocenters. The van der Waals surface area contributed by atoms with Gasteiger partial charge in [-0.15, -0.1) is 0 Å². The summed E-state index contributed by atoms with van der Waals surface area (Å²) < 4.78 is 47.7. The molecule has 0 bridgehead atoms. The summed E-state index contributed by atoms with van der Waals surface area (Å²) >= 11 is 0. The topological polar surface area (TPSA) is 75.7 Å². The zero-order valence-electron chi connectivity index (χ0n) is 17.9. The molecule has 0 atom stereocenters. The van der Waals surface area contributed by atoms with Crippen LogP contribution in [0.2, 0.25) is 0 Å². The molecular formula is C24H25FN2O4S. The maximum Gasteiger partial charge on any atom is 0.255 e. The lowest BCUT2D eigenvalue weighted by molar-refractivity contribution is 0.102. The van der Waals surface area contributed by atoms with E-state index in [1.54, 1.807) is 55.5 Å². The number of rotatable bonds is 9. The van der Waals surface area contributed by atoms with Crippen LogP contribution in [0, 0.1) is 5.82 Å². The van der Waals surface area contributed by atoms with Crippen molar-refractivity contribution in [2.24, 2.45) is 0 Å². The van der Waals surface area contributed by atoms with E-state index in [2.05, 4.69) is 5.32 Å². The number of benzene rings is 3. The van der Waals surface area contributed by atoms with Crippen LogP contribution in [0.25, 0.3) is 0 Å². The van der Waals surface area contributed by atoms with E-state index in [0.717, 1.165) is 17.7 Å². The number of para-hydroxylation sites is 2. The molecule has 6 nitrogen and oxygen atoms in total. The number of sulfonamides is 1. The van der Waals surface area contributed by atoms with E-state index >= 15 is 0 Å². The first kappa shape index (κ1) is 23.4. The summed E-state index contributed by atoms with van der Waals surface area (Å²) in [6.45, 7) is 4.16. The highest BCUT2D eigenvalue weighted by molar-refractivity contribution is 7.89. The first-order valence-electron chi connectivity index (χ1n) is 10.2. The van der Waals surface area contributed by atoms with Gasteiger partial charge in [-0.1, -0.05) is 49.4 Å². The van der Waals surface area contributed by atoms with Crippen molar-refractivity contribution in [2.75, 3.05) is 18.5 Å². The van der Waals surface area contributed by atoms with Gasteiger partial charge in [0, 0.05) is 18.7 Å². The predicted octanol–water partition coefficient (Wildman–Crippen LogP) is 4.69. The first-order valence-corrected chi connectivity index (χ1v) is 11.7. The zero-order chi connectivity index (χ0) is 23.1. The van der Waals surface area contributed by atoms with Gasteiger partial charge in [0.25, 0.3) is 5.91 Å². The third kappa shape index (κ3) is 5.33. The average molecular weight is 457 g/mol. The number of carbonyl (C=O) groups is 1. The fourth-order valence-corrected chi connectivity index (χ4v) is 4.71. The van der Waals surface area contributed by atoms with Crippen molar-refractivity contribution in [3.63, 3.8) is 0 Å². The number of nitrogens with zero attached hydrogens (tertiary/aromatic N) is 1. The number of anilines is 1. The first-order chi connectivity index (χ1) is 15.4. The van der Waals surface area contributed by atoms with E-state index < -0.39 is 26.6 Å². The SMILES string of the molecule is CCOc1ccccc1NC(=O)c1ccc(F)c(S(=O)(=O)N(CC)Cc2ccccc2)c1. The minimum Gasteiger partial charge on any atom is -0.492 e. The standard InChI is InChI=1S/C24H25FN2O4S/c1-3-27(17-18-10-6-5-7-11-18)32(29,30)23-16-19(14-15-20(23)25)24(28)26-21-12-8-9-13-22(21)31-4-2/h5-16H,3-4,17H2,1-2H3,(H,26,28). The quantitative estimate of drug-likeness (QED) is 0.507. The minimum absolute atomic E-state index is 0.0204. The van der Waals surface area contributed by atoms with Crippen molar-refractivity contribution < 1.29 is 22.3 Å². The van der Waals surface area contributed by atoms with E-state index in [1.165, 1.54) is 10.4 Å². The van der Waals surface area contributed by atoms with Crippen LogP contribution in [0.15, 0.2) is 77.7 Å². The van der Waals surface area contributed by atoms with Gasteiger partial charge in [0.05, 0.1) is 12.3 Å². The zero-order valence-corrected chi connectivity index (χ0v) is 18.7. The normalized spacial score (nSPS) is 11.4. The van der Waals surface area contributed by atoms with Gasteiger partial charge in [-0.2, -0.15) is 4.31 Å². The monoisotopic (exact) mass is 456 g/mol. The molecule has 3 rings (SSSR count). The molecular weight excluding hydrogens is 431 g/mol. The molecule has 0 radical (unpaired) electrons. The summed E-state index contributed by atoms with van der Waals surface area (Å²) in [4.78, 5) is 12.3. The lowest BCUT2D eigenvalue weighted by Gasteiger charge is -2.21. The fraction of sp³-hybridized carbons (Fsp3) is 0.208. The molecule has 0 aliphatic heterocycles. The number of carbonyl (C=O) groups excluding carboxylic acids is 1. The number of hydrogen-bond donors (Lipinski definition) is 1. The number of amides is 1. The molecule has 8 heteroatoms. The Balaban J connectivity index is 1.89. The van der Waals surface area contributed by atoms with Gasteiger partial charge >= 0.3 is 0 Å². The lowest BCUT2D eigenvalue weighted by Crippen LogP contribution is -2.31. The molecule has 0 heterocycles. The summed E-state index contributed by atoms with van der Waals surface area (Å²) in [6, 6.07) is 19.2. The third-order valence-corrected chi connectivity index (χ3v) is 6.74. The van der Waals surface area contributed by atoms with E-state index in [0.29, 0.717) is 18.0 Å². The van der Waals surface area contributed by atoms with Crippen LogP contribution in [0.1, 0.15) is 29.8 Å². The van der Waals surface area contributed by atoms with Crippen LogP contribution >= 0.6 is 0 Å². The highest BCUT2D eigenvalue weighted by atomic mass is 32.2. The van der Waals surface area contributed by atoms with Gasteiger partial charge in [-0.3, -0.25) is 4.79 Å². The van der Waals surface area contributed by atoms with Crippen molar-refractivity contribution in [3.05, 3.63) is 89.7 Å². The van der Waals surface area contributed by atoms with Crippen molar-refractivity contribution in [2.45, 2.75) is 25.3 Å². The Bertz CT molecular complexity index is 1180. The molecule has 0 aliphatic rings. The Morgan fingerprint density at radius 2 is 1.69 bits per heavy atom. The summed E-state index contributed by atoms with van der Waals surface area (Å²) in [5, 5.41) is 2.70. The fourth-order valence-electron chi connectivity index (χ4n) is 3.18. The van der Waals surface area contributed by atoms with Crippen molar-refractivity contribution in [1.82, 2.24) is 4.31 Å². The number of ether oxygens (including phenoxy) is 1. The van der Waals surface area contributed by atoms with E-state index in [1.807, 2.05) is 13.0 Å². The second-order valence-corrected chi connectivity index (χ2v) is 8.85. The summed E-state index contributed by atoms with van der Waals surface area (Å²) in [5.41, 5.74) is 1.24. The Hall–Kier alpha value is -3.23. The Labute approximate surface area is 187 Å². The molecule has 32 heavy (non-hydrogen) atoms. The Morgan fingerprint density at radius 3 is 2.38 bits per heavy atom. The molecule has 0 aromatic heterocycles. The highest BCUT2D eigenvalue weighted by Gasteiger charge is 2.28. The van der Waals surface area contributed by atoms with Crippen molar-refractivity contribution in [3.8, 4) is 5.75 Å². The number of nitrogens with one attached hydrogen (secondary N) is 1. The van der Waals surface area contributed by atoms with Gasteiger partial charge in [0.2, 0.25) is 10.0 Å². The van der Waals surface area contributed by atoms with Gasteiger partial charge in [0.15, 0.2) is 0 Å². The molecule has 1 amide bonds. The molecule has 0 saturated heterocycles. The maximum absolute atomic E-state index is 14.6. The van der Waals surface area contributed by atoms with Crippen LogP contribution in [0.3, 0.4) is 0 Å². The molecule has 0 fully saturated rings. The molecule has 168 valence electrons. The van der Waals surface area contributed by atoms with Crippen LogP contribution < -0.4 is 10.1 Å². The highest BCUT2D eigenvalue weighted by Crippen LogP contribution is 2.26. The summed E-state index contributed by atoms with van der Waals surface area (Å²) in [7, 11) is -4.17. The molecule has 0 saturated carbocycles. The van der Waals surface area contributed by atoms with Crippen LogP contribution in [0.5, 0.6) is 5.75 Å². The van der Waals surface area contributed by atoms with E-state index in [-0.39, 0.29) is 18.7 Å². The van der Waals surface area contributed by atoms with Crippen molar-refractivity contribution in [1.29, 1.82) is 0 Å². The van der Waals surface area contributed by atoms with E-state index in [4.69, 9.17) is 4.74 Å². The Morgan fingerprint density at radius 1 is 1.00 bits per heavy atom. The minimum atomic E-state index is -4.17. The second-order valence-electron chi connectivity index (χ2n) is 6.95. The summed E-state index contributed by atoms with van der Waals surface area (Å²) in [5.74, 6) is -0.999. The largest absolute Gasteiger partial charge is 0.492 e. The smallest absolute Gasteiger partial charge is 0.255 e. The van der Waals surface area contributed by atoms with Gasteiger partial charge < -0.3 is 10.1 Å². The Kier molecular flexibility index (Phi) is 7.61. The van der Waals surface area contributed by atoms with Crippen LogP contribution in [0.4, 0.5) is 10.1 Å². The summed E-state index contributed by atoms with van der Waals surface area (Å²) in [6.07, 6.45) is 0. The average Bonchev–Trinajstić information content (AvgIpc) is 2.79. The third-order valence-electron chi connectivity index (χ3n) is 4.80.